The van der Waals surface area contributed by atoms with Crippen LogP contribution in [0.25, 0.3) is 0 Å². The van der Waals surface area contributed by atoms with Crippen molar-refractivity contribution >= 4 is 34.9 Å². The van der Waals surface area contributed by atoms with E-state index in [4.69, 9.17) is 16.3 Å². The van der Waals surface area contributed by atoms with Crippen molar-refractivity contribution < 1.29 is 19.1 Å². The first-order valence-electron chi connectivity index (χ1n) is 10.3. The van der Waals surface area contributed by atoms with Crippen molar-refractivity contribution in [2.24, 2.45) is 5.92 Å². The fourth-order valence-corrected chi connectivity index (χ4v) is 5.02. The van der Waals surface area contributed by atoms with Crippen molar-refractivity contribution in [3.63, 3.8) is 0 Å². The normalized spacial score (nSPS) is 22.8. The fourth-order valence-electron chi connectivity index (χ4n) is 4.71. The van der Waals surface area contributed by atoms with Crippen LogP contribution in [0.15, 0.2) is 59.1 Å². The summed E-state index contributed by atoms with van der Waals surface area (Å²) in [4.78, 5) is 42.2. The van der Waals surface area contributed by atoms with Crippen molar-refractivity contribution in [3.8, 4) is 0 Å². The van der Waals surface area contributed by atoms with Crippen LogP contribution in [0.4, 0.5) is 5.69 Å². The molecular formula is C25H24ClNO4. The van der Waals surface area contributed by atoms with Crippen LogP contribution in [0, 0.1) is 12.8 Å². The van der Waals surface area contributed by atoms with Gasteiger partial charge in [-0.1, -0.05) is 59.6 Å². The van der Waals surface area contributed by atoms with E-state index in [1.165, 1.54) is 4.90 Å². The standard InChI is InChI=1S/C25H24ClNO4/c1-4-31-23(29)19-14-20(26)17(13-16-11-9-15(2)10-12-16)22(28)25(19)18-7-5-6-8-21(18)27(3)24(25)30/h5-12,19H,4,13-14H2,1-3H3. The van der Waals surface area contributed by atoms with Crippen LogP contribution in [0.1, 0.15) is 30.0 Å². The van der Waals surface area contributed by atoms with E-state index in [1.54, 1.807) is 32.2 Å². The second-order valence-corrected chi connectivity index (χ2v) is 8.53. The molecule has 0 saturated carbocycles. The predicted molar refractivity (Wildman–Crippen MR) is 119 cm³/mol. The minimum absolute atomic E-state index is 0.0846. The van der Waals surface area contributed by atoms with Crippen LogP contribution < -0.4 is 4.90 Å². The summed E-state index contributed by atoms with van der Waals surface area (Å²) in [5.41, 5.74) is 1.92. The topological polar surface area (TPSA) is 63.7 Å². The number of ketones is 1. The van der Waals surface area contributed by atoms with Crippen LogP contribution in [-0.4, -0.2) is 31.3 Å². The molecule has 1 aliphatic carbocycles. The Morgan fingerprint density at radius 2 is 1.84 bits per heavy atom. The second-order valence-electron chi connectivity index (χ2n) is 8.07. The molecule has 0 saturated heterocycles. The van der Waals surface area contributed by atoms with E-state index < -0.39 is 29.0 Å². The average molecular weight is 438 g/mol. The van der Waals surface area contributed by atoms with Gasteiger partial charge in [0, 0.05) is 35.3 Å². The van der Waals surface area contributed by atoms with E-state index in [0.717, 1.165) is 11.1 Å². The number of rotatable bonds is 4. The van der Waals surface area contributed by atoms with Crippen LogP contribution in [-0.2, 0) is 31.0 Å². The molecule has 4 rings (SSSR count). The molecule has 160 valence electrons. The molecule has 0 N–H and O–H groups in total. The zero-order valence-corrected chi connectivity index (χ0v) is 18.5. The third kappa shape index (κ3) is 3.19. The van der Waals surface area contributed by atoms with E-state index in [1.807, 2.05) is 37.3 Å². The maximum absolute atomic E-state index is 14.1. The minimum Gasteiger partial charge on any atom is -0.466 e. The van der Waals surface area contributed by atoms with Gasteiger partial charge in [-0.2, -0.15) is 0 Å². The van der Waals surface area contributed by atoms with Crippen LogP contribution in [0.2, 0.25) is 0 Å². The number of aryl methyl sites for hydroxylation is 1. The molecular weight excluding hydrogens is 414 g/mol. The fraction of sp³-hybridized carbons (Fsp3) is 0.320. The number of carbonyl (C=O) groups is 3. The lowest BCUT2D eigenvalue weighted by atomic mass is 9.61. The van der Waals surface area contributed by atoms with E-state index in [-0.39, 0.29) is 13.0 Å². The number of fused-ring (bicyclic) bond motifs is 2. The number of allylic oxidation sites excluding steroid dienone is 2. The third-order valence-electron chi connectivity index (χ3n) is 6.27. The number of benzene rings is 2. The Bertz CT molecular complexity index is 1100. The Labute approximate surface area is 186 Å². The summed E-state index contributed by atoms with van der Waals surface area (Å²) in [6.45, 7) is 3.85. The van der Waals surface area contributed by atoms with Gasteiger partial charge in [0.15, 0.2) is 11.2 Å². The number of hydrogen-bond donors (Lipinski definition) is 0. The largest absolute Gasteiger partial charge is 0.466 e. The van der Waals surface area contributed by atoms with Crippen LogP contribution >= 0.6 is 11.6 Å². The molecule has 1 aliphatic heterocycles. The van der Waals surface area contributed by atoms with E-state index in [0.29, 0.717) is 28.3 Å². The molecule has 0 fully saturated rings. The third-order valence-corrected chi connectivity index (χ3v) is 6.65. The summed E-state index contributed by atoms with van der Waals surface area (Å²) < 4.78 is 5.29. The summed E-state index contributed by atoms with van der Waals surface area (Å²) in [7, 11) is 1.63. The van der Waals surface area contributed by atoms with Gasteiger partial charge in [-0.3, -0.25) is 14.4 Å². The Morgan fingerprint density at radius 3 is 2.52 bits per heavy atom. The molecule has 2 unspecified atom stereocenters. The molecule has 1 spiro atoms. The SMILES string of the molecule is CCOC(=O)C1CC(Cl)=C(Cc2ccc(C)cc2)C(=O)C12C(=O)N(C)c1ccccc12. The highest BCUT2D eigenvalue weighted by atomic mass is 35.5. The summed E-state index contributed by atoms with van der Waals surface area (Å²) in [6.07, 6.45) is 0.385. The number of esters is 1. The number of hydrogen-bond acceptors (Lipinski definition) is 4. The summed E-state index contributed by atoms with van der Waals surface area (Å²) in [5, 5.41) is 0.314. The van der Waals surface area contributed by atoms with Crippen LogP contribution in [0.5, 0.6) is 0 Å². The first-order valence-corrected chi connectivity index (χ1v) is 10.7. The quantitative estimate of drug-likeness (QED) is 0.533. The van der Waals surface area contributed by atoms with Gasteiger partial charge in [0.05, 0.1) is 12.5 Å². The molecule has 0 radical (unpaired) electrons. The van der Waals surface area contributed by atoms with Crippen molar-refractivity contribution in [1.82, 2.24) is 0 Å². The number of ether oxygens (including phenoxy) is 1. The maximum atomic E-state index is 14.1. The van der Waals surface area contributed by atoms with Gasteiger partial charge in [-0.05, 0) is 31.9 Å². The van der Waals surface area contributed by atoms with Crippen molar-refractivity contribution in [2.75, 3.05) is 18.6 Å². The number of halogens is 1. The smallest absolute Gasteiger partial charge is 0.311 e. The highest BCUT2D eigenvalue weighted by Crippen LogP contribution is 2.53. The Balaban J connectivity index is 1.89. The molecule has 1 heterocycles. The zero-order chi connectivity index (χ0) is 22.3. The van der Waals surface area contributed by atoms with Gasteiger partial charge in [-0.15, -0.1) is 0 Å². The molecule has 6 heteroatoms. The van der Waals surface area contributed by atoms with Gasteiger partial charge < -0.3 is 9.64 Å². The molecule has 2 aliphatic rings. The number of likely N-dealkylation sites (N-methyl/N-ethyl adjacent to an activating group) is 1. The molecule has 31 heavy (non-hydrogen) atoms. The first-order chi connectivity index (χ1) is 14.8. The van der Waals surface area contributed by atoms with E-state index in [2.05, 4.69) is 0 Å². The number of amides is 1. The van der Waals surface area contributed by atoms with E-state index in [9.17, 15) is 14.4 Å². The predicted octanol–water partition coefficient (Wildman–Crippen LogP) is 4.10. The molecule has 2 atom stereocenters. The molecule has 5 nitrogen and oxygen atoms in total. The molecule has 0 aromatic heterocycles. The van der Waals surface area contributed by atoms with Crippen LogP contribution in [0.3, 0.4) is 0 Å². The number of nitrogens with zero attached hydrogens (tertiary/aromatic N) is 1. The minimum atomic E-state index is -1.66. The van der Waals surface area contributed by atoms with E-state index >= 15 is 0 Å². The summed E-state index contributed by atoms with van der Waals surface area (Å²) in [6, 6.07) is 15.0. The number of Topliss-reactive ketones (excluding diaryl/α,β-unsaturated/α-hetero) is 1. The van der Waals surface area contributed by atoms with Gasteiger partial charge in [0.25, 0.3) is 0 Å². The summed E-state index contributed by atoms with van der Waals surface area (Å²) in [5.74, 6) is -2.42. The average Bonchev–Trinajstić information content (AvgIpc) is 2.98. The lowest BCUT2D eigenvalue weighted by molar-refractivity contribution is -0.156. The lowest BCUT2D eigenvalue weighted by Crippen LogP contribution is -2.56. The van der Waals surface area contributed by atoms with Gasteiger partial charge in [0.1, 0.15) is 0 Å². The summed E-state index contributed by atoms with van der Waals surface area (Å²) >= 11 is 6.60. The lowest BCUT2D eigenvalue weighted by Gasteiger charge is -2.38. The second kappa shape index (κ2) is 7.97. The number of carbonyl (C=O) groups excluding carboxylic acids is 3. The highest BCUT2D eigenvalue weighted by molar-refractivity contribution is 6.37. The van der Waals surface area contributed by atoms with Gasteiger partial charge in [0.2, 0.25) is 5.91 Å². The van der Waals surface area contributed by atoms with Gasteiger partial charge in [-0.25, -0.2) is 0 Å². The molecule has 0 bridgehead atoms. The van der Waals surface area contributed by atoms with Crippen molar-refractivity contribution in [2.45, 2.75) is 32.1 Å². The number of para-hydroxylation sites is 1. The Morgan fingerprint density at radius 1 is 1.16 bits per heavy atom. The molecule has 1 amide bonds. The Kier molecular flexibility index (Phi) is 5.48. The monoisotopic (exact) mass is 437 g/mol. The van der Waals surface area contributed by atoms with Crippen molar-refractivity contribution in [1.29, 1.82) is 0 Å². The zero-order valence-electron chi connectivity index (χ0n) is 17.8. The Hall–Kier alpha value is -2.92. The molecule has 2 aromatic carbocycles. The maximum Gasteiger partial charge on any atom is 0.311 e. The molecule has 2 aromatic rings. The number of anilines is 1. The first kappa shape index (κ1) is 21.3. The van der Waals surface area contributed by atoms with Gasteiger partial charge >= 0.3 is 5.97 Å². The van der Waals surface area contributed by atoms with Crippen molar-refractivity contribution in [3.05, 3.63) is 75.8 Å². The highest BCUT2D eigenvalue weighted by Gasteiger charge is 2.64.